The van der Waals surface area contributed by atoms with Crippen LogP contribution < -0.4 is 27.0 Å². The Morgan fingerprint density at radius 3 is 2.28 bits per heavy atom. The van der Waals surface area contributed by atoms with Crippen LogP contribution in [-0.4, -0.2) is 85.1 Å². The van der Waals surface area contributed by atoms with Crippen molar-refractivity contribution in [2.24, 2.45) is 5.73 Å². The number of hydrogen-bond acceptors (Lipinski definition) is 9. The van der Waals surface area contributed by atoms with E-state index in [1.165, 1.54) is 18.8 Å². The summed E-state index contributed by atoms with van der Waals surface area (Å²) in [4.78, 5) is 47.2. The fourth-order valence-electron chi connectivity index (χ4n) is 2.14. The van der Waals surface area contributed by atoms with Crippen molar-refractivity contribution in [2.45, 2.75) is 51.4 Å². The first-order valence-corrected chi connectivity index (χ1v) is 11.2. The molecule has 0 aliphatic heterocycles. The van der Waals surface area contributed by atoms with Crippen molar-refractivity contribution in [1.82, 2.24) is 21.3 Å². The second-order valence-electron chi connectivity index (χ2n) is 7.16. The zero-order valence-corrected chi connectivity index (χ0v) is 19.8. The van der Waals surface area contributed by atoms with Gasteiger partial charge in [0.2, 0.25) is 11.8 Å². The molecule has 0 aromatic rings. The summed E-state index contributed by atoms with van der Waals surface area (Å²) in [5, 5.41) is 18.9. The first-order valence-electron chi connectivity index (χ1n) is 10.0. The quantitative estimate of drug-likeness (QED) is 0.191. The Morgan fingerprint density at radius 1 is 1.09 bits per heavy atom. The highest BCUT2D eigenvalue weighted by Gasteiger charge is 2.23. The van der Waals surface area contributed by atoms with Gasteiger partial charge in [0.25, 0.3) is 0 Å². The first-order chi connectivity index (χ1) is 15.0. The maximum atomic E-state index is 12.1. The molecule has 3 unspecified atom stereocenters. The number of thioether (sulfide) groups is 1. The summed E-state index contributed by atoms with van der Waals surface area (Å²) in [6, 6.07) is -2.14. The van der Waals surface area contributed by atoms with E-state index in [1.54, 1.807) is 20.8 Å². The van der Waals surface area contributed by atoms with E-state index in [1.807, 2.05) is 0 Å². The second-order valence-corrected chi connectivity index (χ2v) is 8.23. The number of amides is 4. The molecule has 32 heavy (non-hydrogen) atoms. The van der Waals surface area contributed by atoms with Gasteiger partial charge in [0.1, 0.15) is 12.1 Å². The van der Waals surface area contributed by atoms with Crippen LogP contribution >= 0.6 is 11.8 Å². The topological polar surface area (TPSA) is 181 Å². The van der Waals surface area contributed by atoms with Crippen LogP contribution in [0.15, 0.2) is 12.3 Å². The predicted octanol–water partition coefficient (Wildman–Crippen LogP) is -0.577. The Bertz CT molecular complexity index is 648. The number of aliphatic hydroxyl groups excluding tert-OH is 1. The van der Waals surface area contributed by atoms with Gasteiger partial charge < -0.3 is 36.3 Å². The van der Waals surface area contributed by atoms with E-state index in [2.05, 4.69) is 27.8 Å². The van der Waals surface area contributed by atoms with Crippen molar-refractivity contribution in [3.8, 4) is 0 Å². The second kappa shape index (κ2) is 16.2. The fraction of sp³-hybridized carbons (Fsp3) is 0.684. The van der Waals surface area contributed by atoms with Crippen molar-refractivity contribution >= 4 is 35.8 Å². The van der Waals surface area contributed by atoms with Gasteiger partial charge in [-0.3, -0.25) is 14.9 Å². The molecule has 0 radical (unpaired) electrons. The minimum atomic E-state index is -1.10. The lowest BCUT2D eigenvalue weighted by atomic mass is 10.2. The summed E-state index contributed by atoms with van der Waals surface area (Å²) < 4.78 is 10.4. The molecule has 0 spiro atoms. The monoisotopic (exact) mass is 477 g/mol. The van der Waals surface area contributed by atoms with Gasteiger partial charge in [-0.1, -0.05) is 6.58 Å². The van der Waals surface area contributed by atoms with Crippen LogP contribution in [0.25, 0.3) is 0 Å². The first kappa shape index (κ1) is 29.5. The molecule has 4 amide bonds. The summed E-state index contributed by atoms with van der Waals surface area (Å²) in [6.45, 7) is 8.20. The zero-order valence-electron chi connectivity index (χ0n) is 18.9. The van der Waals surface area contributed by atoms with Crippen molar-refractivity contribution in [3.63, 3.8) is 0 Å². The largest absolute Gasteiger partial charge is 0.449 e. The van der Waals surface area contributed by atoms with Crippen LogP contribution in [0.4, 0.5) is 9.59 Å². The van der Waals surface area contributed by atoms with E-state index in [0.29, 0.717) is 5.70 Å². The molecule has 3 atom stereocenters. The maximum absolute atomic E-state index is 12.1. The lowest BCUT2D eigenvalue weighted by molar-refractivity contribution is -0.130. The summed E-state index contributed by atoms with van der Waals surface area (Å²) in [5.74, 6) is -0.710. The Labute approximate surface area is 192 Å². The van der Waals surface area contributed by atoms with E-state index >= 15 is 0 Å². The maximum Gasteiger partial charge on any atom is 0.411 e. The third-order valence-corrected chi connectivity index (χ3v) is 4.87. The van der Waals surface area contributed by atoms with Crippen LogP contribution in [0.2, 0.25) is 0 Å². The van der Waals surface area contributed by atoms with Gasteiger partial charge in [-0.15, -0.1) is 0 Å². The van der Waals surface area contributed by atoms with Gasteiger partial charge in [-0.05, 0) is 20.8 Å². The molecule has 7 N–H and O–H groups in total. The molecule has 0 aliphatic rings. The van der Waals surface area contributed by atoms with Crippen LogP contribution in [0.1, 0.15) is 27.2 Å². The van der Waals surface area contributed by atoms with Gasteiger partial charge in [0, 0.05) is 36.7 Å². The molecular formula is C19H35N5O7S. The summed E-state index contributed by atoms with van der Waals surface area (Å²) in [6.07, 6.45) is -1.68. The third kappa shape index (κ3) is 13.7. The smallest absolute Gasteiger partial charge is 0.411 e. The van der Waals surface area contributed by atoms with Crippen molar-refractivity contribution in [3.05, 3.63) is 12.3 Å². The standard InChI is InChI=1S/C19H35N5O7S/c1-11(2)22-18(28)30-7-6-13(31-19(29)23-12(3)4)9-32-10-14(20)16(26)24-15(8-25)17(27)21-5/h11,13-15,25H,3,6-10,20H2,1-2,4-5H3,(H,21,27)(H,22,28)(H,23,29)(H,24,26). The molecule has 0 saturated heterocycles. The Hall–Kier alpha value is -2.51. The number of nitrogens with one attached hydrogen (secondary N) is 4. The van der Waals surface area contributed by atoms with Crippen molar-refractivity contribution in [1.29, 1.82) is 0 Å². The third-order valence-electron chi connectivity index (χ3n) is 3.67. The summed E-state index contributed by atoms with van der Waals surface area (Å²) in [5.41, 5.74) is 6.25. The molecule has 0 saturated carbocycles. The number of likely N-dealkylation sites (N-methyl/N-ethyl adjacent to an activating group) is 1. The van der Waals surface area contributed by atoms with Gasteiger partial charge >= 0.3 is 12.2 Å². The molecule has 0 aromatic heterocycles. The SMILES string of the molecule is C=C(C)NC(=O)OC(CCOC(=O)NC(C)C)CSCC(N)C(=O)NC(CO)C(=O)NC. The van der Waals surface area contributed by atoms with E-state index < -0.39 is 48.8 Å². The average Bonchev–Trinajstić information content (AvgIpc) is 2.69. The highest BCUT2D eigenvalue weighted by atomic mass is 32.2. The molecule has 0 bridgehead atoms. The molecule has 0 heterocycles. The lowest BCUT2D eigenvalue weighted by Gasteiger charge is -2.20. The van der Waals surface area contributed by atoms with E-state index in [9.17, 15) is 24.3 Å². The minimum Gasteiger partial charge on any atom is -0.449 e. The predicted molar refractivity (Wildman–Crippen MR) is 121 cm³/mol. The number of carbonyl (C=O) groups is 4. The number of alkyl carbamates (subject to hydrolysis) is 2. The Balaban J connectivity index is 4.67. The van der Waals surface area contributed by atoms with Gasteiger partial charge in [0.15, 0.2) is 0 Å². The summed E-state index contributed by atoms with van der Waals surface area (Å²) >= 11 is 1.24. The number of nitrogens with two attached hydrogens (primary N) is 1. The summed E-state index contributed by atoms with van der Waals surface area (Å²) in [7, 11) is 1.38. The number of carbonyl (C=O) groups excluding carboxylic acids is 4. The highest BCUT2D eigenvalue weighted by Crippen LogP contribution is 2.11. The van der Waals surface area contributed by atoms with Crippen LogP contribution in [0.5, 0.6) is 0 Å². The Kier molecular flexibility index (Phi) is 14.9. The van der Waals surface area contributed by atoms with E-state index in [4.69, 9.17) is 15.2 Å². The lowest BCUT2D eigenvalue weighted by Crippen LogP contribution is -2.53. The van der Waals surface area contributed by atoms with Gasteiger partial charge in [-0.25, -0.2) is 9.59 Å². The molecule has 13 heteroatoms. The fourth-order valence-corrected chi connectivity index (χ4v) is 3.18. The van der Waals surface area contributed by atoms with Crippen LogP contribution in [-0.2, 0) is 19.1 Å². The molecule has 0 aliphatic carbocycles. The van der Waals surface area contributed by atoms with Crippen LogP contribution in [0.3, 0.4) is 0 Å². The number of hydrogen-bond donors (Lipinski definition) is 6. The molecule has 0 fully saturated rings. The average molecular weight is 478 g/mol. The Morgan fingerprint density at radius 2 is 1.75 bits per heavy atom. The van der Waals surface area contributed by atoms with Gasteiger partial charge in [-0.2, -0.15) is 11.8 Å². The molecule has 0 aromatic carbocycles. The molecular weight excluding hydrogens is 442 g/mol. The number of aliphatic hydroxyl groups is 1. The number of ether oxygens (including phenoxy) is 2. The number of allylic oxidation sites excluding steroid dienone is 1. The van der Waals surface area contributed by atoms with Gasteiger partial charge in [0.05, 0.1) is 19.3 Å². The normalized spacial score (nSPS) is 13.3. The van der Waals surface area contributed by atoms with E-state index in [0.717, 1.165) is 0 Å². The van der Waals surface area contributed by atoms with E-state index in [-0.39, 0.29) is 30.6 Å². The van der Waals surface area contributed by atoms with Crippen molar-refractivity contribution < 1.29 is 33.8 Å². The minimum absolute atomic E-state index is 0.0149. The van der Waals surface area contributed by atoms with Crippen LogP contribution in [0, 0.1) is 0 Å². The highest BCUT2D eigenvalue weighted by molar-refractivity contribution is 7.99. The zero-order chi connectivity index (χ0) is 24.7. The molecule has 12 nitrogen and oxygen atoms in total. The molecule has 184 valence electrons. The van der Waals surface area contributed by atoms with Crippen molar-refractivity contribution in [2.75, 3.05) is 31.8 Å². The number of rotatable bonds is 14. The molecule has 0 rings (SSSR count).